The van der Waals surface area contributed by atoms with Gasteiger partial charge in [0.05, 0.1) is 16.9 Å². The lowest BCUT2D eigenvalue weighted by molar-refractivity contribution is -0.123. The molecule has 1 aliphatic carbocycles. The largest absolute Gasteiger partial charge is 0.449 e. The summed E-state index contributed by atoms with van der Waals surface area (Å²) in [7, 11) is 1.75. The van der Waals surface area contributed by atoms with Gasteiger partial charge in [-0.25, -0.2) is 9.48 Å². The van der Waals surface area contributed by atoms with E-state index < -0.39 is 18.0 Å². The molecule has 0 radical (unpaired) electrons. The van der Waals surface area contributed by atoms with Crippen molar-refractivity contribution < 1.29 is 14.3 Å². The summed E-state index contributed by atoms with van der Waals surface area (Å²) in [6.45, 7) is 3.25. The zero-order valence-corrected chi connectivity index (χ0v) is 20.1. The van der Waals surface area contributed by atoms with Crippen molar-refractivity contribution in [1.29, 1.82) is 0 Å². The van der Waals surface area contributed by atoms with Gasteiger partial charge in [-0.05, 0) is 75.4 Å². The van der Waals surface area contributed by atoms with Crippen molar-refractivity contribution in [2.75, 3.05) is 5.32 Å². The minimum absolute atomic E-state index is 0.157. The summed E-state index contributed by atoms with van der Waals surface area (Å²) in [5, 5.41) is 3.69. The molecule has 0 bridgehead atoms. The number of aromatic amines is 1. The van der Waals surface area contributed by atoms with Crippen molar-refractivity contribution in [3.05, 3.63) is 81.4 Å². The van der Waals surface area contributed by atoms with Gasteiger partial charge in [-0.1, -0.05) is 18.2 Å². The molecule has 0 aliphatic heterocycles. The van der Waals surface area contributed by atoms with E-state index in [-0.39, 0.29) is 11.2 Å². The number of carbonyl (C=O) groups excluding carboxylic acids is 2. The Kier molecular flexibility index (Phi) is 5.80. The van der Waals surface area contributed by atoms with Crippen LogP contribution < -0.4 is 10.9 Å². The molecule has 4 aromatic rings. The second-order valence-corrected chi connectivity index (χ2v) is 9.02. The maximum absolute atomic E-state index is 13.0. The Balaban J connectivity index is 1.33. The van der Waals surface area contributed by atoms with E-state index in [1.54, 1.807) is 24.7 Å². The molecule has 1 amide bonds. The zero-order chi connectivity index (χ0) is 24.7. The average molecular weight is 473 g/mol. The number of nitrogens with one attached hydrogen (secondary N) is 2. The van der Waals surface area contributed by atoms with Crippen LogP contribution in [0.4, 0.5) is 5.69 Å². The van der Waals surface area contributed by atoms with Crippen molar-refractivity contribution >= 4 is 28.5 Å². The van der Waals surface area contributed by atoms with Crippen LogP contribution in [-0.2, 0) is 29.4 Å². The van der Waals surface area contributed by atoms with Gasteiger partial charge in [0.2, 0.25) is 0 Å². The van der Waals surface area contributed by atoms with Crippen molar-refractivity contribution in [3.8, 4) is 5.69 Å². The van der Waals surface area contributed by atoms with Gasteiger partial charge in [0.1, 0.15) is 5.69 Å². The first-order chi connectivity index (χ1) is 16.8. The van der Waals surface area contributed by atoms with Gasteiger partial charge in [-0.3, -0.25) is 14.3 Å². The van der Waals surface area contributed by atoms with Crippen LogP contribution in [0.15, 0.2) is 53.3 Å². The van der Waals surface area contributed by atoms with Crippen LogP contribution >= 0.6 is 0 Å². The summed E-state index contributed by atoms with van der Waals surface area (Å²) in [6.07, 6.45) is 3.23. The smallest absolute Gasteiger partial charge is 0.338 e. The Morgan fingerprint density at radius 1 is 1.09 bits per heavy atom. The molecular weight excluding hydrogens is 444 g/mol. The Morgan fingerprint density at radius 3 is 2.60 bits per heavy atom. The van der Waals surface area contributed by atoms with Gasteiger partial charge < -0.3 is 15.0 Å². The molecule has 8 nitrogen and oxygen atoms in total. The van der Waals surface area contributed by atoms with E-state index in [0.717, 1.165) is 30.2 Å². The number of nitrogens with zero attached hydrogens (tertiary/aromatic N) is 2. The molecule has 5 rings (SSSR count). The third-order valence-corrected chi connectivity index (χ3v) is 6.79. The van der Waals surface area contributed by atoms with Gasteiger partial charge in [0.25, 0.3) is 11.5 Å². The van der Waals surface area contributed by atoms with Crippen LogP contribution in [0, 0.1) is 6.92 Å². The molecule has 35 heavy (non-hydrogen) atoms. The number of benzene rings is 2. The number of carbonyl (C=O) groups is 2. The Labute approximate surface area is 202 Å². The van der Waals surface area contributed by atoms with Gasteiger partial charge in [-0.15, -0.1) is 0 Å². The first-order valence-corrected chi connectivity index (χ1v) is 11.8. The summed E-state index contributed by atoms with van der Waals surface area (Å²) in [5.74, 6) is -1.14. The molecule has 0 unspecified atom stereocenters. The number of amides is 1. The van der Waals surface area contributed by atoms with Crippen LogP contribution in [0.3, 0.4) is 0 Å². The lowest BCUT2D eigenvalue weighted by Crippen LogP contribution is -2.32. The Hall–Kier alpha value is -4.07. The highest BCUT2D eigenvalue weighted by atomic mass is 16.5. The number of aromatic nitrogens is 3. The fraction of sp³-hybridized carbons (Fsp3) is 0.296. The van der Waals surface area contributed by atoms with Gasteiger partial charge in [0, 0.05) is 23.6 Å². The molecule has 0 saturated heterocycles. The molecule has 2 aromatic heterocycles. The quantitative estimate of drug-likeness (QED) is 0.429. The fourth-order valence-corrected chi connectivity index (χ4v) is 4.75. The average Bonchev–Trinajstić information content (AvgIpc) is 3.34. The summed E-state index contributed by atoms with van der Waals surface area (Å²) >= 11 is 0. The normalized spacial score (nSPS) is 13.9. The van der Waals surface area contributed by atoms with E-state index in [1.807, 2.05) is 42.5 Å². The first kappa shape index (κ1) is 22.7. The number of hydrogen-bond donors (Lipinski definition) is 2. The topological polar surface area (TPSA) is 98.1 Å². The SMILES string of the molecule is Cc1c(NC(=O)[C@H](C)OC(=O)c2ccc3[nH]c4c(c3c2)CCCC4)c(=O)n(-c2ccccc2)n1C. The monoisotopic (exact) mass is 472 g/mol. The number of aryl methyl sites for hydroxylation is 2. The van der Waals surface area contributed by atoms with Crippen LogP contribution in [0.2, 0.25) is 0 Å². The van der Waals surface area contributed by atoms with E-state index in [0.29, 0.717) is 16.9 Å². The zero-order valence-electron chi connectivity index (χ0n) is 20.1. The molecule has 180 valence electrons. The van der Waals surface area contributed by atoms with Crippen molar-refractivity contribution in [3.63, 3.8) is 0 Å². The molecule has 1 atom stereocenters. The lowest BCUT2D eigenvalue weighted by atomic mass is 9.95. The number of rotatable bonds is 5. The standard InChI is InChI=1S/C27H28N4O4/c1-16-24(26(33)31(30(16)3)19-9-5-4-6-10-19)29-25(32)17(2)35-27(34)18-13-14-23-21(15-18)20-11-7-8-12-22(20)28-23/h4-6,9-10,13-15,17,28H,7-8,11-12H2,1-3H3,(H,29,32)/t17-/m0/s1. The number of anilines is 1. The number of fused-ring (bicyclic) bond motifs is 3. The first-order valence-electron chi connectivity index (χ1n) is 11.8. The fourth-order valence-electron chi connectivity index (χ4n) is 4.75. The summed E-state index contributed by atoms with van der Waals surface area (Å²) in [4.78, 5) is 42.2. The van der Waals surface area contributed by atoms with Crippen molar-refractivity contribution in [2.24, 2.45) is 7.05 Å². The summed E-state index contributed by atoms with van der Waals surface area (Å²) < 4.78 is 8.62. The van der Waals surface area contributed by atoms with E-state index in [9.17, 15) is 14.4 Å². The van der Waals surface area contributed by atoms with E-state index in [4.69, 9.17) is 4.74 Å². The van der Waals surface area contributed by atoms with Gasteiger partial charge in [-0.2, -0.15) is 0 Å². The molecule has 1 aliphatic rings. The third-order valence-electron chi connectivity index (χ3n) is 6.79. The summed E-state index contributed by atoms with van der Waals surface area (Å²) in [5.41, 5.74) is 4.99. The second-order valence-electron chi connectivity index (χ2n) is 9.02. The maximum atomic E-state index is 13.0. The second kappa shape index (κ2) is 8.94. The Morgan fingerprint density at radius 2 is 1.83 bits per heavy atom. The predicted octanol–water partition coefficient (Wildman–Crippen LogP) is 4.03. The summed E-state index contributed by atoms with van der Waals surface area (Å²) in [6, 6.07) is 14.6. The van der Waals surface area contributed by atoms with Gasteiger partial charge >= 0.3 is 5.97 Å². The highest BCUT2D eigenvalue weighted by Gasteiger charge is 2.24. The van der Waals surface area contributed by atoms with E-state index >= 15 is 0 Å². The van der Waals surface area contributed by atoms with Crippen LogP contribution in [0.1, 0.15) is 47.1 Å². The molecule has 2 aromatic carbocycles. The Bertz CT molecular complexity index is 1490. The molecule has 2 N–H and O–H groups in total. The van der Waals surface area contributed by atoms with Crippen LogP contribution in [0.5, 0.6) is 0 Å². The van der Waals surface area contributed by atoms with E-state index in [2.05, 4.69) is 10.3 Å². The molecule has 0 saturated carbocycles. The highest BCUT2D eigenvalue weighted by Crippen LogP contribution is 2.30. The number of H-pyrrole nitrogens is 1. The third kappa shape index (κ3) is 4.05. The molecular formula is C27H28N4O4. The maximum Gasteiger partial charge on any atom is 0.338 e. The van der Waals surface area contributed by atoms with Crippen LogP contribution in [-0.4, -0.2) is 32.3 Å². The highest BCUT2D eigenvalue weighted by molar-refractivity contribution is 5.99. The molecule has 2 heterocycles. The number of esters is 1. The number of para-hydroxylation sites is 1. The predicted molar refractivity (Wildman–Crippen MR) is 134 cm³/mol. The number of hydrogen-bond acceptors (Lipinski definition) is 4. The van der Waals surface area contributed by atoms with E-state index in [1.165, 1.54) is 29.3 Å². The van der Waals surface area contributed by atoms with Crippen molar-refractivity contribution in [2.45, 2.75) is 45.6 Å². The van der Waals surface area contributed by atoms with Gasteiger partial charge in [0.15, 0.2) is 6.10 Å². The minimum Gasteiger partial charge on any atom is -0.449 e. The number of ether oxygens (including phenoxy) is 1. The van der Waals surface area contributed by atoms with Crippen LogP contribution in [0.25, 0.3) is 16.6 Å². The van der Waals surface area contributed by atoms with Crippen molar-refractivity contribution in [1.82, 2.24) is 14.3 Å². The molecule has 0 fully saturated rings. The minimum atomic E-state index is -1.08. The molecule has 8 heteroatoms. The molecule has 0 spiro atoms. The lowest BCUT2D eigenvalue weighted by Gasteiger charge is -2.13.